The first-order valence-electron chi connectivity index (χ1n) is 9.54. The molecule has 1 aliphatic carbocycles. The smallest absolute Gasteiger partial charge is 0.416 e. The molecule has 2 unspecified atom stereocenters. The van der Waals surface area contributed by atoms with Crippen molar-refractivity contribution >= 4 is 17.6 Å². The van der Waals surface area contributed by atoms with E-state index in [2.05, 4.69) is 5.32 Å². The van der Waals surface area contributed by atoms with E-state index in [-0.39, 0.29) is 46.1 Å². The zero-order valence-corrected chi connectivity index (χ0v) is 17.2. The summed E-state index contributed by atoms with van der Waals surface area (Å²) in [4.78, 5) is 25.1. The van der Waals surface area contributed by atoms with Gasteiger partial charge in [0.1, 0.15) is 6.61 Å². The number of amides is 1. The Morgan fingerprint density at radius 3 is 2.29 bits per heavy atom. The zero-order chi connectivity index (χ0) is 22.8. The van der Waals surface area contributed by atoms with Crippen LogP contribution in [0.2, 0.25) is 0 Å². The van der Waals surface area contributed by atoms with Gasteiger partial charge in [0, 0.05) is 23.6 Å². The van der Waals surface area contributed by atoms with Gasteiger partial charge in [0.2, 0.25) is 5.91 Å². The average Bonchev–Trinajstić information content (AvgIpc) is 3.47. The molecule has 2 aromatic carbocycles. The minimum absolute atomic E-state index is 0.0520. The SMILES string of the molecule is COc1cc(NC(=O)C2CC2C)c(C(=O)OCc2ccccc2C(F)(F)F)cc1OC. The molecule has 1 aliphatic rings. The number of ether oxygens (including phenoxy) is 3. The molecule has 0 aliphatic heterocycles. The maximum absolute atomic E-state index is 13.2. The van der Waals surface area contributed by atoms with E-state index in [4.69, 9.17) is 14.2 Å². The molecule has 1 fully saturated rings. The third-order valence-corrected chi connectivity index (χ3v) is 5.13. The molecule has 2 aromatic rings. The van der Waals surface area contributed by atoms with Gasteiger partial charge in [0.15, 0.2) is 11.5 Å². The number of carbonyl (C=O) groups is 2. The Bertz CT molecular complexity index is 990. The maximum atomic E-state index is 13.2. The van der Waals surface area contributed by atoms with Crippen LogP contribution in [0.15, 0.2) is 36.4 Å². The summed E-state index contributed by atoms with van der Waals surface area (Å²) in [6.07, 6.45) is -3.83. The van der Waals surface area contributed by atoms with Gasteiger partial charge in [-0.3, -0.25) is 4.79 Å². The standard InChI is InChI=1S/C22H22F3NO5/c1-12-8-14(12)20(27)26-17-10-19(30-3)18(29-2)9-15(17)21(28)31-11-13-6-4-5-7-16(13)22(23,24)25/h4-7,9-10,12,14H,8,11H2,1-3H3,(H,26,27). The van der Waals surface area contributed by atoms with Crippen LogP contribution in [-0.2, 0) is 22.3 Å². The lowest BCUT2D eigenvalue weighted by Gasteiger charge is -2.16. The van der Waals surface area contributed by atoms with E-state index in [0.29, 0.717) is 0 Å². The van der Waals surface area contributed by atoms with Crippen molar-refractivity contribution in [2.24, 2.45) is 11.8 Å². The minimum atomic E-state index is -4.58. The van der Waals surface area contributed by atoms with Gasteiger partial charge in [-0.25, -0.2) is 4.79 Å². The first-order chi connectivity index (χ1) is 14.7. The molecule has 1 saturated carbocycles. The number of anilines is 1. The number of hydrogen-bond donors (Lipinski definition) is 1. The van der Waals surface area contributed by atoms with E-state index in [9.17, 15) is 22.8 Å². The number of esters is 1. The van der Waals surface area contributed by atoms with Gasteiger partial charge in [-0.1, -0.05) is 25.1 Å². The van der Waals surface area contributed by atoms with Gasteiger partial charge in [-0.15, -0.1) is 0 Å². The highest BCUT2D eigenvalue weighted by atomic mass is 19.4. The quantitative estimate of drug-likeness (QED) is 0.637. The van der Waals surface area contributed by atoms with Gasteiger partial charge in [-0.2, -0.15) is 13.2 Å². The van der Waals surface area contributed by atoms with Gasteiger partial charge >= 0.3 is 12.1 Å². The van der Waals surface area contributed by atoms with E-state index in [0.717, 1.165) is 12.5 Å². The summed E-state index contributed by atoms with van der Waals surface area (Å²) >= 11 is 0. The third kappa shape index (κ3) is 5.10. The summed E-state index contributed by atoms with van der Waals surface area (Å²) in [7, 11) is 2.77. The van der Waals surface area contributed by atoms with Crippen molar-refractivity contribution in [2.75, 3.05) is 19.5 Å². The van der Waals surface area contributed by atoms with E-state index >= 15 is 0 Å². The highest BCUT2D eigenvalue weighted by Gasteiger charge is 2.39. The molecule has 0 saturated heterocycles. The molecule has 166 valence electrons. The van der Waals surface area contributed by atoms with Crippen molar-refractivity contribution in [3.8, 4) is 11.5 Å². The van der Waals surface area contributed by atoms with Crippen molar-refractivity contribution in [3.05, 3.63) is 53.1 Å². The Kier molecular flexibility index (Phi) is 6.42. The van der Waals surface area contributed by atoms with Crippen LogP contribution in [-0.4, -0.2) is 26.1 Å². The Balaban J connectivity index is 1.86. The fourth-order valence-corrected chi connectivity index (χ4v) is 3.21. The molecule has 1 amide bonds. The van der Waals surface area contributed by atoms with E-state index < -0.39 is 24.3 Å². The van der Waals surface area contributed by atoms with E-state index in [1.165, 1.54) is 44.6 Å². The van der Waals surface area contributed by atoms with Gasteiger partial charge < -0.3 is 19.5 Å². The predicted molar refractivity (Wildman–Crippen MR) is 106 cm³/mol. The van der Waals surface area contributed by atoms with Gasteiger partial charge in [-0.05, 0) is 18.4 Å². The molecule has 1 N–H and O–H groups in total. The van der Waals surface area contributed by atoms with Crippen LogP contribution in [0.1, 0.15) is 34.8 Å². The highest BCUT2D eigenvalue weighted by molar-refractivity contribution is 6.03. The van der Waals surface area contributed by atoms with Crippen molar-refractivity contribution in [3.63, 3.8) is 0 Å². The second kappa shape index (κ2) is 8.87. The molecule has 0 radical (unpaired) electrons. The van der Waals surface area contributed by atoms with Crippen LogP contribution in [0.4, 0.5) is 18.9 Å². The largest absolute Gasteiger partial charge is 0.493 e. The average molecular weight is 437 g/mol. The molecule has 0 spiro atoms. The van der Waals surface area contributed by atoms with Crippen molar-refractivity contribution < 1.29 is 37.0 Å². The predicted octanol–water partition coefficient (Wildman–Crippen LogP) is 4.67. The van der Waals surface area contributed by atoms with Gasteiger partial charge in [0.05, 0.1) is 31.0 Å². The number of rotatable bonds is 7. The Morgan fingerprint density at radius 1 is 1.10 bits per heavy atom. The van der Waals surface area contributed by atoms with Crippen molar-refractivity contribution in [1.82, 2.24) is 0 Å². The molecule has 0 heterocycles. The lowest BCUT2D eigenvalue weighted by Crippen LogP contribution is -2.18. The summed E-state index contributed by atoms with van der Waals surface area (Å²) in [5, 5.41) is 2.69. The second-order valence-electron chi connectivity index (χ2n) is 7.29. The number of halogens is 3. The number of hydrogen-bond acceptors (Lipinski definition) is 5. The van der Waals surface area contributed by atoms with Crippen LogP contribution in [0, 0.1) is 11.8 Å². The van der Waals surface area contributed by atoms with Gasteiger partial charge in [0.25, 0.3) is 0 Å². The molecule has 2 atom stereocenters. The number of carbonyl (C=O) groups excluding carboxylic acids is 2. The molecular formula is C22H22F3NO5. The minimum Gasteiger partial charge on any atom is -0.493 e. The summed E-state index contributed by atoms with van der Waals surface area (Å²) < 4.78 is 55.1. The van der Waals surface area contributed by atoms with Crippen LogP contribution in [0.3, 0.4) is 0 Å². The summed E-state index contributed by atoms with van der Waals surface area (Å²) in [6.45, 7) is 1.35. The molecule has 9 heteroatoms. The molecule has 6 nitrogen and oxygen atoms in total. The Hall–Kier alpha value is -3.23. The number of methoxy groups -OCH3 is 2. The first-order valence-corrected chi connectivity index (χ1v) is 9.54. The maximum Gasteiger partial charge on any atom is 0.416 e. The number of nitrogens with one attached hydrogen (secondary N) is 1. The molecule has 0 aromatic heterocycles. The van der Waals surface area contributed by atoms with E-state index in [1.807, 2.05) is 6.92 Å². The normalized spacial score (nSPS) is 17.6. The molecule has 0 bridgehead atoms. The van der Waals surface area contributed by atoms with Crippen molar-refractivity contribution in [1.29, 1.82) is 0 Å². The second-order valence-corrected chi connectivity index (χ2v) is 7.29. The van der Waals surface area contributed by atoms with Crippen LogP contribution in [0.25, 0.3) is 0 Å². The monoisotopic (exact) mass is 437 g/mol. The van der Waals surface area contributed by atoms with E-state index in [1.54, 1.807) is 0 Å². The molecular weight excluding hydrogens is 415 g/mol. The van der Waals surface area contributed by atoms with Crippen LogP contribution >= 0.6 is 0 Å². The third-order valence-electron chi connectivity index (χ3n) is 5.13. The number of benzene rings is 2. The van der Waals surface area contributed by atoms with Crippen molar-refractivity contribution in [2.45, 2.75) is 26.1 Å². The first kappa shape index (κ1) is 22.5. The fraction of sp³-hybridized carbons (Fsp3) is 0.364. The van der Waals surface area contributed by atoms with Crippen LogP contribution in [0.5, 0.6) is 11.5 Å². The highest BCUT2D eigenvalue weighted by Crippen LogP contribution is 2.40. The summed E-state index contributed by atoms with van der Waals surface area (Å²) in [5.74, 6) is -0.582. The number of alkyl halides is 3. The lowest BCUT2D eigenvalue weighted by atomic mass is 10.1. The summed E-state index contributed by atoms with van der Waals surface area (Å²) in [5.41, 5.74) is -0.979. The Morgan fingerprint density at radius 2 is 1.71 bits per heavy atom. The molecule has 31 heavy (non-hydrogen) atoms. The molecule has 3 rings (SSSR count). The van der Waals surface area contributed by atoms with Crippen LogP contribution < -0.4 is 14.8 Å². The summed E-state index contributed by atoms with van der Waals surface area (Å²) in [6, 6.07) is 7.59. The lowest BCUT2D eigenvalue weighted by molar-refractivity contribution is -0.138. The topological polar surface area (TPSA) is 73.9 Å². The zero-order valence-electron chi connectivity index (χ0n) is 17.2. The Labute approximate surface area is 177 Å². The fourth-order valence-electron chi connectivity index (χ4n) is 3.21.